The van der Waals surface area contributed by atoms with Gasteiger partial charge in [0.25, 0.3) is 0 Å². The maximum atomic E-state index is 9.79. The van der Waals surface area contributed by atoms with Gasteiger partial charge in [0.05, 0.1) is 0 Å². The number of fused-ring (bicyclic) bond motifs is 3. The first-order valence-electron chi connectivity index (χ1n) is 14.3. The van der Waals surface area contributed by atoms with Gasteiger partial charge in [0, 0.05) is 27.8 Å². The van der Waals surface area contributed by atoms with Crippen molar-refractivity contribution in [2.24, 2.45) is 0 Å². The Morgan fingerprint density at radius 3 is 1.36 bits per heavy atom. The first-order chi connectivity index (χ1) is 17.5. The minimum Gasteiger partial charge on any atom is -0.423 e. The molecule has 0 unspecified atom stereocenters. The largest absolute Gasteiger partial charge is 0.488 e. The fourth-order valence-corrected chi connectivity index (χ4v) is 5.53. The summed E-state index contributed by atoms with van der Waals surface area (Å²) in [6.45, 7) is 4.50. The Balaban J connectivity index is 1.94. The van der Waals surface area contributed by atoms with Crippen LogP contribution in [0.4, 0.5) is 0 Å². The standard InChI is InChI=1S/C29H45B2NO4/c1-3-5-7-9-11-13-15-25(16-14-12-10-8-6-4-2)32-28-19-17-23(30(33)34)21-26(28)27-22-24(31(35)36)18-20-29(27)32/h17-22,25,33-36H,3-16H2,1-2H3. The van der Waals surface area contributed by atoms with Crippen molar-refractivity contribution in [1.29, 1.82) is 0 Å². The smallest absolute Gasteiger partial charge is 0.423 e. The Morgan fingerprint density at radius 1 is 0.583 bits per heavy atom. The lowest BCUT2D eigenvalue weighted by atomic mass is 9.78. The number of nitrogens with zero attached hydrogens (tertiary/aromatic N) is 1. The molecule has 7 heteroatoms. The van der Waals surface area contributed by atoms with Crippen LogP contribution in [0.2, 0.25) is 0 Å². The number of rotatable bonds is 17. The van der Waals surface area contributed by atoms with Crippen molar-refractivity contribution in [3.05, 3.63) is 36.4 Å². The van der Waals surface area contributed by atoms with Gasteiger partial charge in [-0.2, -0.15) is 0 Å². The Bertz CT molecular complexity index is 985. The van der Waals surface area contributed by atoms with Crippen LogP contribution in [0.15, 0.2) is 36.4 Å². The molecular weight excluding hydrogens is 448 g/mol. The van der Waals surface area contributed by atoms with E-state index in [2.05, 4.69) is 18.4 Å². The summed E-state index contributed by atoms with van der Waals surface area (Å²) in [6.07, 6.45) is 17.5. The molecule has 0 fully saturated rings. The SMILES string of the molecule is CCCCCCCCC(CCCCCCCC)n1c2ccc(B(O)O)cc2c2cc(B(O)O)ccc21. The van der Waals surface area contributed by atoms with Crippen LogP contribution in [0.25, 0.3) is 21.8 Å². The minimum absolute atomic E-state index is 0.358. The van der Waals surface area contributed by atoms with E-state index >= 15 is 0 Å². The van der Waals surface area contributed by atoms with Crippen LogP contribution in [0.3, 0.4) is 0 Å². The van der Waals surface area contributed by atoms with Gasteiger partial charge in [-0.25, -0.2) is 0 Å². The van der Waals surface area contributed by atoms with Crippen molar-refractivity contribution in [2.45, 2.75) is 110 Å². The monoisotopic (exact) mass is 493 g/mol. The van der Waals surface area contributed by atoms with E-state index in [-0.39, 0.29) is 0 Å². The van der Waals surface area contributed by atoms with Crippen molar-refractivity contribution in [3.8, 4) is 0 Å². The first-order valence-corrected chi connectivity index (χ1v) is 14.3. The Labute approximate surface area is 217 Å². The molecule has 0 saturated heterocycles. The molecule has 0 amide bonds. The molecule has 0 atom stereocenters. The van der Waals surface area contributed by atoms with Crippen LogP contribution in [0.1, 0.15) is 110 Å². The molecule has 0 spiro atoms. The maximum Gasteiger partial charge on any atom is 0.488 e. The van der Waals surface area contributed by atoms with E-state index in [1.807, 2.05) is 24.3 Å². The van der Waals surface area contributed by atoms with E-state index in [1.165, 1.54) is 77.0 Å². The van der Waals surface area contributed by atoms with E-state index in [4.69, 9.17) is 0 Å². The second-order valence-corrected chi connectivity index (χ2v) is 10.4. The highest BCUT2D eigenvalue weighted by atomic mass is 16.4. The summed E-state index contributed by atoms with van der Waals surface area (Å²) in [5.41, 5.74) is 3.03. The molecule has 4 N–H and O–H groups in total. The third-order valence-electron chi connectivity index (χ3n) is 7.59. The van der Waals surface area contributed by atoms with Crippen LogP contribution in [-0.2, 0) is 0 Å². The molecule has 0 saturated carbocycles. The zero-order chi connectivity index (χ0) is 25.9. The Kier molecular flexibility index (Phi) is 11.8. The summed E-state index contributed by atoms with van der Waals surface area (Å²) < 4.78 is 2.43. The number of unbranched alkanes of at least 4 members (excludes halogenated alkanes) is 10. The molecule has 2 aromatic carbocycles. The van der Waals surface area contributed by atoms with Crippen molar-refractivity contribution >= 4 is 47.0 Å². The average Bonchev–Trinajstić information content (AvgIpc) is 3.19. The normalized spacial score (nSPS) is 11.8. The minimum atomic E-state index is -1.54. The van der Waals surface area contributed by atoms with Crippen LogP contribution in [-0.4, -0.2) is 38.9 Å². The van der Waals surface area contributed by atoms with Crippen molar-refractivity contribution in [2.75, 3.05) is 0 Å². The number of hydrogen-bond donors (Lipinski definition) is 4. The molecular formula is C29H45B2NO4. The topological polar surface area (TPSA) is 85.9 Å². The zero-order valence-corrected chi connectivity index (χ0v) is 22.3. The maximum absolute atomic E-state index is 9.79. The van der Waals surface area contributed by atoms with E-state index in [0.717, 1.165) is 34.6 Å². The lowest BCUT2D eigenvalue weighted by molar-refractivity contribution is 0.410. The van der Waals surface area contributed by atoms with Gasteiger partial charge in [0.15, 0.2) is 0 Å². The highest BCUT2D eigenvalue weighted by Gasteiger charge is 2.22. The number of aromatic nitrogens is 1. The van der Waals surface area contributed by atoms with E-state index in [9.17, 15) is 20.1 Å². The number of hydrogen-bond acceptors (Lipinski definition) is 4. The molecule has 0 radical (unpaired) electrons. The average molecular weight is 493 g/mol. The van der Waals surface area contributed by atoms with Crippen LogP contribution in [0, 0.1) is 0 Å². The third kappa shape index (κ3) is 7.61. The van der Waals surface area contributed by atoms with Crippen molar-refractivity contribution in [1.82, 2.24) is 4.57 Å². The van der Waals surface area contributed by atoms with E-state index in [0.29, 0.717) is 17.0 Å². The molecule has 0 aliphatic rings. The molecule has 0 bridgehead atoms. The highest BCUT2D eigenvalue weighted by molar-refractivity contribution is 6.59. The van der Waals surface area contributed by atoms with Crippen LogP contribution < -0.4 is 10.9 Å². The molecule has 0 aliphatic heterocycles. The predicted octanol–water partition coefficient (Wildman–Crippen LogP) is 5.20. The Hall–Kier alpha value is -1.79. The van der Waals surface area contributed by atoms with Gasteiger partial charge in [-0.15, -0.1) is 0 Å². The summed E-state index contributed by atoms with van der Waals surface area (Å²) in [5, 5.41) is 41.0. The van der Waals surface area contributed by atoms with Gasteiger partial charge < -0.3 is 24.7 Å². The second-order valence-electron chi connectivity index (χ2n) is 10.4. The Morgan fingerprint density at radius 2 is 0.972 bits per heavy atom. The molecule has 36 heavy (non-hydrogen) atoms. The molecule has 196 valence electrons. The van der Waals surface area contributed by atoms with Crippen molar-refractivity contribution < 1.29 is 20.1 Å². The molecule has 5 nitrogen and oxygen atoms in total. The lowest BCUT2D eigenvalue weighted by Crippen LogP contribution is -2.29. The predicted molar refractivity (Wildman–Crippen MR) is 154 cm³/mol. The summed E-state index contributed by atoms with van der Waals surface area (Å²) >= 11 is 0. The third-order valence-corrected chi connectivity index (χ3v) is 7.59. The molecule has 1 heterocycles. The van der Waals surface area contributed by atoms with Gasteiger partial charge in [-0.05, 0) is 35.9 Å². The first kappa shape index (κ1) is 28.8. The van der Waals surface area contributed by atoms with Crippen molar-refractivity contribution in [3.63, 3.8) is 0 Å². The van der Waals surface area contributed by atoms with Gasteiger partial charge >= 0.3 is 14.2 Å². The molecule has 3 aromatic rings. The van der Waals surface area contributed by atoms with Crippen LogP contribution in [0.5, 0.6) is 0 Å². The fraction of sp³-hybridized carbons (Fsp3) is 0.586. The quantitative estimate of drug-likeness (QED) is 0.154. The van der Waals surface area contributed by atoms with E-state index < -0.39 is 14.2 Å². The molecule has 3 rings (SSSR count). The van der Waals surface area contributed by atoms with Gasteiger partial charge in [-0.3, -0.25) is 0 Å². The lowest BCUT2D eigenvalue weighted by Gasteiger charge is -2.22. The van der Waals surface area contributed by atoms with Gasteiger partial charge in [-0.1, -0.05) is 115 Å². The summed E-state index contributed by atoms with van der Waals surface area (Å²) in [5.74, 6) is 0. The summed E-state index contributed by atoms with van der Waals surface area (Å²) in [4.78, 5) is 0. The fourth-order valence-electron chi connectivity index (χ4n) is 5.53. The molecule has 1 aromatic heterocycles. The van der Waals surface area contributed by atoms with E-state index in [1.54, 1.807) is 12.1 Å². The highest BCUT2D eigenvalue weighted by Crippen LogP contribution is 2.35. The second kappa shape index (κ2) is 14.8. The number of benzene rings is 2. The molecule has 0 aliphatic carbocycles. The van der Waals surface area contributed by atoms with Gasteiger partial charge in [0.1, 0.15) is 0 Å². The zero-order valence-electron chi connectivity index (χ0n) is 22.3. The summed E-state index contributed by atoms with van der Waals surface area (Å²) in [7, 11) is -3.08. The van der Waals surface area contributed by atoms with Crippen LogP contribution >= 0.6 is 0 Å². The van der Waals surface area contributed by atoms with Gasteiger partial charge in [0.2, 0.25) is 0 Å². The summed E-state index contributed by atoms with van der Waals surface area (Å²) in [6, 6.07) is 11.6.